The van der Waals surface area contributed by atoms with Gasteiger partial charge in [-0.05, 0) is 18.1 Å². The molecular formula is C23H19F3N6O2. The van der Waals surface area contributed by atoms with Crippen molar-refractivity contribution in [3.8, 4) is 11.4 Å². The van der Waals surface area contributed by atoms with E-state index in [4.69, 9.17) is 4.74 Å². The number of rotatable bonds is 4. The zero-order chi connectivity index (χ0) is 24.0. The van der Waals surface area contributed by atoms with Crippen LogP contribution in [0, 0.1) is 17.5 Å². The summed E-state index contributed by atoms with van der Waals surface area (Å²) in [7, 11) is 0. The number of hydrogen-bond donors (Lipinski definition) is 1. The predicted octanol–water partition coefficient (Wildman–Crippen LogP) is 3.90. The van der Waals surface area contributed by atoms with Crippen molar-refractivity contribution in [2.75, 3.05) is 18.2 Å². The van der Waals surface area contributed by atoms with Crippen LogP contribution in [0.25, 0.3) is 16.9 Å². The fourth-order valence-electron chi connectivity index (χ4n) is 3.98. The molecule has 11 heteroatoms. The number of benzene rings is 2. The number of amides is 1. The van der Waals surface area contributed by atoms with Gasteiger partial charge in [0.2, 0.25) is 0 Å². The number of carbonyl (C=O) groups is 1. The van der Waals surface area contributed by atoms with Gasteiger partial charge in [0.25, 0.3) is 5.91 Å². The number of ether oxygens (including phenoxy) is 1. The van der Waals surface area contributed by atoms with Gasteiger partial charge < -0.3 is 4.74 Å². The van der Waals surface area contributed by atoms with Crippen LogP contribution in [-0.4, -0.2) is 39.0 Å². The molecule has 0 spiro atoms. The predicted molar refractivity (Wildman–Crippen MR) is 117 cm³/mol. The van der Waals surface area contributed by atoms with Crippen LogP contribution in [0.4, 0.5) is 18.9 Å². The highest BCUT2D eigenvalue weighted by atomic mass is 19.2. The SMILES string of the molecule is CC(C)c1c(C(=O)NN2CCOc3ccccc32)cnc2c1nnn2-c1cc(F)cc(F)c1F. The molecule has 34 heavy (non-hydrogen) atoms. The van der Waals surface area contributed by atoms with E-state index in [1.807, 2.05) is 38.1 Å². The first-order valence-corrected chi connectivity index (χ1v) is 10.5. The highest BCUT2D eigenvalue weighted by Gasteiger charge is 2.26. The van der Waals surface area contributed by atoms with Crippen molar-refractivity contribution < 1.29 is 22.7 Å². The van der Waals surface area contributed by atoms with E-state index in [0.29, 0.717) is 30.5 Å². The average Bonchev–Trinajstić information content (AvgIpc) is 3.24. The lowest BCUT2D eigenvalue weighted by Crippen LogP contribution is -2.47. The normalized spacial score (nSPS) is 13.2. The first-order valence-electron chi connectivity index (χ1n) is 10.5. The molecule has 2 aromatic carbocycles. The molecule has 0 bridgehead atoms. The van der Waals surface area contributed by atoms with Crippen LogP contribution >= 0.6 is 0 Å². The highest BCUT2D eigenvalue weighted by Crippen LogP contribution is 2.31. The maximum atomic E-state index is 14.4. The van der Waals surface area contributed by atoms with Crippen LogP contribution in [0.15, 0.2) is 42.6 Å². The fraction of sp³-hybridized carbons (Fsp3) is 0.217. The lowest BCUT2D eigenvalue weighted by molar-refractivity contribution is 0.0943. The lowest BCUT2D eigenvalue weighted by atomic mass is 9.97. The number of pyridine rings is 1. The summed E-state index contributed by atoms with van der Waals surface area (Å²) in [5.41, 5.74) is 4.20. The van der Waals surface area contributed by atoms with E-state index in [0.717, 1.165) is 16.4 Å². The molecule has 3 heterocycles. The minimum atomic E-state index is -1.36. The van der Waals surface area contributed by atoms with E-state index in [2.05, 4.69) is 20.7 Å². The lowest BCUT2D eigenvalue weighted by Gasteiger charge is -2.31. The van der Waals surface area contributed by atoms with Gasteiger partial charge in [0.05, 0.1) is 17.8 Å². The van der Waals surface area contributed by atoms with Crippen molar-refractivity contribution in [2.45, 2.75) is 19.8 Å². The Labute approximate surface area is 191 Å². The third-order valence-electron chi connectivity index (χ3n) is 5.50. The summed E-state index contributed by atoms with van der Waals surface area (Å²) in [5, 5.41) is 9.63. The maximum absolute atomic E-state index is 14.4. The molecule has 0 aliphatic carbocycles. The molecule has 1 N–H and O–H groups in total. The number of aromatic nitrogens is 4. The summed E-state index contributed by atoms with van der Waals surface area (Å²) < 4.78 is 48.4. The van der Waals surface area contributed by atoms with Crippen molar-refractivity contribution in [1.29, 1.82) is 0 Å². The Kier molecular flexibility index (Phi) is 5.31. The number of hydrogen-bond acceptors (Lipinski definition) is 6. The van der Waals surface area contributed by atoms with Crippen molar-refractivity contribution >= 4 is 22.8 Å². The fourth-order valence-corrected chi connectivity index (χ4v) is 3.98. The van der Waals surface area contributed by atoms with Crippen molar-refractivity contribution in [2.24, 2.45) is 0 Å². The number of halogens is 3. The number of nitrogens with zero attached hydrogens (tertiary/aromatic N) is 5. The van der Waals surface area contributed by atoms with Gasteiger partial charge in [-0.15, -0.1) is 5.10 Å². The molecule has 0 fully saturated rings. The summed E-state index contributed by atoms with van der Waals surface area (Å²) in [5.74, 6) is -3.57. The van der Waals surface area contributed by atoms with E-state index in [1.54, 1.807) is 5.01 Å². The average molecular weight is 468 g/mol. The molecule has 174 valence electrons. The second-order valence-electron chi connectivity index (χ2n) is 8.04. The minimum absolute atomic E-state index is 0.0702. The maximum Gasteiger partial charge on any atom is 0.271 e. The second-order valence-corrected chi connectivity index (χ2v) is 8.04. The third-order valence-corrected chi connectivity index (χ3v) is 5.50. The van der Waals surface area contributed by atoms with Crippen molar-refractivity contribution in [3.05, 3.63) is 71.2 Å². The monoisotopic (exact) mass is 468 g/mol. The zero-order valence-corrected chi connectivity index (χ0v) is 18.2. The minimum Gasteiger partial charge on any atom is -0.489 e. The third kappa shape index (κ3) is 3.58. The molecule has 0 radical (unpaired) electrons. The Morgan fingerprint density at radius 2 is 1.94 bits per heavy atom. The summed E-state index contributed by atoms with van der Waals surface area (Å²) in [6.45, 7) is 4.56. The van der Waals surface area contributed by atoms with Crippen LogP contribution in [0.5, 0.6) is 5.75 Å². The van der Waals surface area contributed by atoms with Crippen molar-refractivity contribution in [1.82, 2.24) is 25.4 Å². The second kappa shape index (κ2) is 8.32. The standard InChI is InChI=1S/C23H19F3N6O2/c1-12(2)19-14(23(33)29-31-7-8-34-18-6-4-3-5-16(18)31)11-27-22-21(19)28-30-32(22)17-10-13(24)9-15(25)20(17)26/h3-6,9-12H,7-8H2,1-2H3,(H,29,33). The summed E-state index contributed by atoms with van der Waals surface area (Å²) in [6.07, 6.45) is 1.33. The molecule has 0 saturated carbocycles. The van der Waals surface area contributed by atoms with Gasteiger partial charge in [-0.3, -0.25) is 15.2 Å². The first kappa shape index (κ1) is 21.7. The topological polar surface area (TPSA) is 85.2 Å². The number of para-hydroxylation sites is 2. The number of hydrazine groups is 1. The van der Waals surface area contributed by atoms with Gasteiger partial charge in [-0.1, -0.05) is 31.2 Å². The molecule has 0 unspecified atom stereocenters. The Morgan fingerprint density at radius 1 is 1.15 bits per heavy atom. The van der Waals surface area contributed by atoms with Gasteiger partial charge in [0.15, 0.2) is 17.3 Å². The molecule has 5 rings (SSSR count). The van der Waals surface area contributed by atoms with Gasteiger partial charge >= 0.3 is 0 Å². The quantitative estimate of drug-likeness (QED) is 0.458. The Bertz CT molecular complexity index is 1420. The number of carbonyl (C=O) groups excluding carboxylic acids is 1. The molecular weight excluding hydrogens is 449 g/mol. The van der Waals surface area contributed by atoms with Crippen LogP contribution < -0.4 is 15.2 Å². The van der Waals surface area contributed by atoms with Crippen LogP contribution in [0.1, 0.15) is 35.7 Å². The molecule has 0 saturated heterocycles. The Hall–Kier alpha value is -4.15. The van der Waals surface area contributed by atoms with E-state index in [-0.39, 0.29) is 22.6 Å². The smallest absolute Gasteiger partial charge is 0.271 e. The van der Waals surface area contributed by atoms with Gasteiger partial charge in [-0.2, -0.15) is 4.68 Å². The number of anilines is 1. The van der Waals surface area contributed by atoms with E-state index < -0.39 is 29.0 Å². The van der Waals surface area contributed by atoms with Gasteiger partial charge in [0.1, 0.15) is 29.4 Å². The molecule has 0 atom stereocenters. The van der Waals surface area contributed by atoms with E-state index >= 15 is 0 Å². The Balaban J connectivity index is 1.56. The number of nitrogens with one attached hydrogen (secondary N) is 1. The van der Waals surface area contributed by atoms with Crippen LogP contribution in [0.3, 0.4) is 0 Å². The molecule has 4 aromatic rings. The van der Waals surface area contributed by atoms with E-state index in [1.165, 1.54) is 6.20 Å². The van der Waals surface area contributed by atoms with E-state index in [9.17, 15) is 18.0 Å². The summed E-state index contributed by atoms with van der Waals surface area (Å²) >= 11 is 0. The van der Waals surface area contributed by atoms with Crippen LogP contribution in [0.2, 0.25) is 0 Å². The van der Waals surface area contributed by atoms with Gasteiger partial charge in [-0.25, -0.2) is 18.2 Å². The molecule has 8 nitrogen and oxygen atoms in total. The highest BCUT2D eigenvalue weighted by molar-refractivity contribution is 6.00. The zero-order valence-electron chi connectivity index (χ0n) is 18.2. The first-order chi connectivity index (χ1) is 16.3. The summed E-state index contributed by atoms with van der Waals surface area (Å²) in [6, 6.07) is 8.57. The van der Waals surface area contributed by atoms with Crippen molar-refractivity contribution in [3.63, 3.8) is 0 Å². The van der Waals surface area contributed by atoms with Crippen LogP contribution in [-0.2, 0) is 0 Å². The molecule has 2 aromatic heterocycles. The Morgan fingerprint density at radius 3 is 2.74 bits per heavy atom. The summed E-state index contributed by atoms with van der Waals surface area (Å²) in [4.78, 5) is 17.5. The molecule has 1 aliphatic rings. The van der Waals surface area contributed by atoms with Gasteiger partial charge in [0, 0.05) is 23.9 Å². The molecule has 1 amide bonds. The largest absolute Gasteiger partial charge is 0.489 e. The number of fused-ring (bicyclic) bond motifs is 2. The molecule has 1 aliphatic heterocycles.